The summed E-state index contributed by atoms with van der Waals surface area (Å²) in [7, 11) is 0. The Morgan fingerprint density at radius 3 is 2.75 bits per heavy atom. The third-order valence-electron chi connectivity index (χ3n) is 2.79. The lowest BCUT2D eigenvalue weighted by atomic mass is 10.2. The number of rotatable bonds is 3. The quantitative estimate of drug-likeness (QED) is 0.858. The van der Waals surface area contributed by atoms with Crippen LogP contribution in [-0.2, 0) is 13.1 Å². The number of benzene rings is 1. The molecule has 0 aliphatic rings. The van der Waals surface area contributed by atoms with Crippen molar-refractivity contribution in [3.8, 4) is 0 Å². The Labute approximate surface area is 96.3 Å². The molecule has 1 heterocycles. The van der Waals surface area contributed by atoms with Crippen molar-refractivity contribution in [1.82, 2.24) is 9.55 Å². The molecule has 0 saturated heterocycles. The number of nitrogens with zero attached hydrogens (tertiary/aromatic N) is 2. The van der Waals surface area contributed by atoms with E-state index < -0.39 is 0 Å². The van der Waals surface area contributed by atoms with Crippen molar-refractivity contribution < 1.29 is 0 Å². The molecule has 0 saturated carbocycles. The largest absolute Gasteiger partial charge is 0.328 e. The first-order valence-electron chi connectivity index (χ1n) is 5.77. The molecule has 0 aliphatic heterocycles. The van der Waals surface area contributed by atoms with E-state index in [1.165, 1.54) is 5.52 Å². The van der Waals surface area contributed by atoms with Gasteiger partial charge in [0.15, 0.2) is 0 Å². The minimum absolute atomic E-state index is 0.575. The van der Waals surface area contributed by atoms with Crippen molar-refractivity contribution in [3.63, 3.8) is 0 Å². The van der Waals surface area contributed by atoms with Crippen molar-refractivity contribution in [2.45, 2.75) is 33.9 Å². The van der Waals surface area contributed by atoms with Gasteiger partial charge < -0.3 is 10.3 Å². The minimum Gasteiger partial charge on any atom is -0.328 e. The zero-order valence-electron chi connectivity index (χ0n) is 10.2. The number of aromatic nitrogens is 2. The van der Waals surface area contributed by atoms with E-state index in [-0.39, 0.29) is 0 Å². The van der Waals surface area contributed by atoms with Gasteiger partial charge in [-0.05, 0) is 30.5 Å². The molecule has 16 heavy (non-hydrogen) atoms. The van der Waals surface area contributed by atoms with Gasteiger partial charge >= 0.3 is 0 Å². The van der Waals surface area contributed by atoms with E-state index in [1.54, 1.807) is 0 Å². The summed E-state index contributed by atoms with van der Waals surface area (Å²) in [4.78, 5) is 4.58. The molecule has 86 valence electrons. The zero-order valence-corrected chi connectivity index (χ0v) is 10.2. The molecule has 0 radical (unpaired) electrons. The number of fused-ring (bicyclic) bond motifs is 1. The molecule has 0 bridgehead atoms. The first-order chi connectivity index (χ1) is 7.61. The lowest BCUT2D eigenvalue weighted by Gasteiger charge is -2.09. The van der Waals surface area contributed by atoms with Crippen LogP contribution in [0.2, 0.25) is 0 Å². The van der Waals surface area contributed by atoms with E-state index in [9.17, 15) is 0 Å². The average molecular weight is 217 g/mol. The Hall–Kier alpha value is -1.35. The van der Waals surface area contributed by atoms with Crippen LogP contribution in [-0.4, -0.2) is 9.55 Å². The van der Waals surface area contributed by atoms with Crippen LogP contribution in [0, 0.1) is 12.8 Å². The molecule has 1 aromatic heterocycles. The predicted octanol–water partition coefficient (Wildman–Crippen LogP) is 2.46. The summed E-state index contributed by atoms with van der Waals surface area (Å²) in [5, 5.41) is 0. The first kappa shape index (κ1) is 11.1. The van der Waals surface area contributed by atoms with Crippen molar-refractivity contribution in [2.24, 2.45) is 11.7 Å². The summed E-state index contributed by atoms with van der Waals surface area (Å²) in [6.07, 6.45) is 0. The molecule has 3 heteroatoms. The Morgan fingerprint density at radius 2 is 2.12 bits per heavy atom. The van der Waals surface area contributed by atoms with Gasteiger partial charge in [0, 0.05) is 13.1 Å². The maximum absolute atomic E-state index is 5.63. The van der Waals surface area contributed by atoms with Crippen molar-refractivity contribution in [3.05, 3.63) is 29.6 Å². The van der Waals surface area contributed by atoms with Crippen molar-refractivity contribution in [1.29, 1.82) is 0 Å². The molecule has 2 rings (SSSR count). The fraction of sp³-hybridized carbons (Fsp3) is 0.462. The van der Waals surface area contributed by atoms with E-state index in [1.807, 2.05) is 0 Å². The molecular weight excluding hydrogens is 198 g/mol. The van der Waals surface area contributed by atoms with Gasteiger partial charge in [-0.1, -0.05) is 19.9 Å². The van der Waals surface area contributed by atoms with Crippen LogP contribution in [0.4, 0.5) is 0 Å². The molecule has 3 nitrogen and oxygen atoms in total. The summed E-state index contributed by atoms with van der Waals surface area (Å²) < 4.78 is 2.28. The Morgan fingerprint density at radius 1 is 1.38 bits per heavy atom. The summed E-state index contributed by atoms with van der Waals surface area (Å²) in [6, 6.07) is 6.29. The zero-order chi connectivity index (χ0) is 11.7. The van der Waals surface area contributed by atoms with E-state index in [2.05, 4.69) is 48.5 Å². The smallest absolute Gasteiger partial charge is 0.106 e. The van der Waals surface area contributed by atoms with Crippen LogP contribution in [0.25, 0.3) is 11.0 Å². The van der Waals surface area contributed by atoms with Gasteiger partial charge in [-0.25, -0.2) is 4.98 Å². The molecule has 2 N–H and O–H groups in total. The van der Waals surface area contributed by atoms with Gasteiger partial charge in [0.2, 0.25) is 0 Å². The van der Waals surface area contributed by atoms with E-state index in [4.69, 9.17) is 5.73 Å². The van der Waals surface area contributed by atoms with E-state index >= 15 is 0 Å². The highest BCUT2D eigenvalue weighted by Crippen LogP contribution is 2.18. The first-order valence-corrected chi connectivity index (χ1v) is 5.77. The SMILES string of the molecule is Cc1nc2cc(CN)ccc2n1CC(C)C. The monoisotopic (exact) mass is 217 g/mol. The lowest BCUT2D eigenvalue weighted by Crippen LogP contribution is -2.06. The van der Waals surface area contributed by atoms with Gasteiger partial charge in [0.25, 0.3) is 0 Å². The normalized spacial score (nSPS) is 11.6. The van der Waals surface area contributed by atoms with Crippen LogP contribution >= 0.6 is 0 Å². The van der Waals surface area contributed by atoms with Crippen LogP contribution in [0.3, 0.4) is 0 Å². The van der Waals surface area contributed by atoms with Crippen LogP contribution in [0.1, 0.15) is 25.2 Å². The van der Waals surface area contributed by atoms with Gasteiger partial charge in [-0.2, -0.15) is 0 Å². The third-order valence-corrected chi connectivity index (χ3v) is 2.79. The lowest BCUT2D eigenvalue weighted by molar-refractivity contribution is 0.524. The van der Waals surface area contributed by atoms with Crippen molar-refractivity contribution in [2.75, 3.05) is 0 Å². The Bertz CT molecular complexity index is 497. The molecule has 0 atom stereocenters. The topological polar surface area (TPSA) is 43.8 Å². The molecule has 1 aromatic carbocycles. The molecule has 0 amide bonds. The Balaban J connectivity index is 2.53. The van der Waals surface area contributed by atoms with Crippen LogP contribution < -0.4 is 5.73 Å². The summed E-state index contributed by atoms with van der Waals surface area (Å²) in [6.45, 7) is 8.10. The second kappa shape index (κ2) is 4.26. The second-order valence-corrected chi connectivity index (χ2v) is 4.69. The molecule has 2 aromatic rings. The number of imidazole rings is 1. The Kier molecular flexibility index (Phi) is 2.97. The minimum atomic E-state index is 0.575. The maximum atomic E-state index is 5.63. The standard InChI is InChI=1S/C13H19N3/c1-9(2)8-16-10(3)15-12-6-11(7-14)4-5-13(12)16/h4-6,9H,7-8,14H2,1-3H3. The fourth-order valence-electron chi connectivity index (χ4n) is 2.02. The highest BCUT2D eigenvalue weighted by atomic mass is 15.1. The molecule has 0 unspecified atom stereocenters. The third kappa shape index (κ3) is 1.95. The number of nitrogens with two attached hydrogens (primary N) is 1. The van der Waals surface area contributed by atoms with Crippen molar-refractivity contribution >= 4 is 11.0 Å². The average Bonchev–Trinajstić information content (AvgIpc) is 2.54. The predicted molar refractivity (Wildman–Crippen MR) is 67.2 cm³/mol. The molecular formula is C13H19N3. The summed E-state index contributed by atoms with van der Waals surface area (Å²) in [5.41, 5.74) is 9.04. The van der Waals surface area contributed by atoms with Gasteiger partial charge in [-0.3, -0.25) is 0 Å². The molecule has 0 spiro atoms. The van der Waals surface area contributed by atoms with E-state index in [0.717, 1.165) is 23.4 Å². The highest BCUT2D eigenvalue weighted by molar-refractivity contribution is 5.76. The maximum Gasteiger partial charge on any atom is 0.106 e. The van der Waals surface area contributed by atoms with Gasteiger partial charge in [-0.15, -0.1) is 0 Å². The number of hydrogen-bond acceptors (Lipinski definition) is 2. The van der Waals surface area contributed by atoms with Crippen LogP contribution in [0.5, 0.6) is 0 Å². The number of hydrogen-bond donors (Lipinski definition) is 1. The van der Waals surface area contributed by atoms with Gasteiger partial charge in [0.1, 0.15) is 5.82 Å². The molecule has 0 aliphatic carbocycles. The fourth-order valence-corrected chi connectivity index (χ4v) is 2.02. The highest BCUT2D eigenvalue weighted by Gasteiger charge is 2.08. The number of aryl methyl sites for hydroxylation is 1. The summed E-state index contributed by atoms with van der Waals surface area (Å²) in [5.74, 6) is 1.71. The second-order valence-electron chi connectivity index (χ2n) is 4.69. The van der Waals surface area contributed by atoms with E-state index in [0.29, 0.717) is 12.5 Å². The van der Waals surface area contributed by atoms with Gasteiger partial charge in [0.05, 0.1) is 11.0 Å². The van der Waals surface area contributed by atoms with Crippen LogP contribution in [0.15, 0.2) is 18.2 Å². The molecule has 0 fully saturated rings. The summed E-state index contributed by atoms with van der Waals surface area (Å²) >= 11 is 0.